The van der Waals surface area contributed by atoms with Crippen LogP contribution in [0.3, 0.4) is 0 Å². The topological polar surface area (TPSA) is 63.4 Å². The van der Waals surface area contributed by atoms with Crippen molar-refractivity contribution in [2.75, 3.05) is 6.54 Å². The average Bonchev–Trinajstić information content (AvgIpc) is 3.16. The fraction of sp³-hybridized carbons (Fsp3) is 0.286. The first-order chi connectivity index (χ1) is 13.5. The molecule has 1 saturated heterocycles. The lowest BCUT2D eigenvalue weighted by Gasteiger charge is -2.31. The van der Waals surface area contributed by atoms with Crippen LogP contribution in [0.1, 0.15) is 26.2 Å². The molecule has 0 saturated carbocycles. The first kappa shape index (κ1) is 19.2. The standard InChI is InChI=1S/C21H21ClN2O3S/c1-15-7-5-6-14-24(15)28(25,26)21-19(16-10-12-18(22)13-11-16)27-20(23-21)17-8-3-2-4-9-17/h2-4,8-13,15H,5-7,14H2,1H3/t15-/m1/s1. The fourth-order valence-electron chi connectivity index (χ4n) is 3.51. The molecular formula is C21H21ClN2O3S. The van der Waals surface area contributed by atoms with Gasteiger partial charge >= 0.3 is 0 Å². The summed E-state index contributed by atoms with van der Waals surface area (Å²) in [6, 6.07) is 16.2. The van der Waals surface area contributed by atoms with Crippen molar-refractivity contribution in [2.24, 2.45) is 0 Å². The van der Waals surface area contributed by atoms with E-state index in [0.717, 1.165) is 24.8 Å². The molecule has 0 aliphatic carbocycles. The van der Waals surface area contributed by atoms with E-state index in [0.29, 0.717) is 17.1 Å². The Labute approximate surface area is 170 Å². The Balaban J connectivity index is 1.87. The molecule has 1 aromatic heterocycles. The third kappa shape index (κ3) is 3.60. The van der Waals surface area contributed by atoms with Crippen molar-refractivity contribution in [2.45, 2.75) is 37.3 Å². The van der Waals surface area contributed by atoms with E-state index < -0.39 is 10.0 Å². The van der Waals surface area contributed by atoms with Crippen molar-refractivity contribution in [3.63, 3.8) is 0 Å². The monoisotopic (exact) mass is 416 g/mol. The van der Waals surface area contributed by atoms with E-state index >= 15 is 0 Å². The van der Waals surface area contributed by atoms with Gasteiger partial charge in [-0.3, -0.25) is 0 Å². The predicted octanol–water partition coefficient (Wildman–Crippen LogP) is 5.23. The van der Waals surface area contributed by atoms with Crippen LogP contribution in [0.5, 0.6) is 0 Å². The molecule has 3 aromatic rings. The predicted molar refractivity (Wildman–Crippen MR) is 110 cm³/mol. The molecule has 1 aliphatic rings. The molecule has 1 atom stereocenters. The van der Waals surface area contributed by atoms with Gasteiger partial charge in [0.05, 0.1) is 0 Å². The van der Waals surface area contributed by atoms with Crippen molar-refractivity contribution in [3.8, 4) is 22.8 Å². The number of nitrogens with zero attached hydrogens (tertiary/aromatic N) is 2. The summed E-state index contributed by atoms with van der Waals surface area (Å²) >= 11 is 6.00. The van der Waals surface area contributed by atoms with Gasteiger partial charge < -0.3 is 4.42 Å². The largest absolute Gasteiger partial charge is 0.435 e. The molecule has 0 spiro atoms. The second-order valence-corrected chi connectivity index (χ2v) is 9.23. The Kier molecular flexibility index (Phi) is 5.27. The molecule has 0 amide bonds. The highest BCUT2D eigenvalue weighted by atomic mass is 35.5. The van der Waals surface area contributed by atoms with Crippen LogP contribution in [-0.4, -0.2) is 30.3 Å². The number of oxazole rings is 1. The third-order valence-electron chi connectivity index (χ3n) is 5.02. The van der Waals surface area contributed by atoms with Crippen LogP contribution in [0.4, 0.5) is 0 Å². The van der Waals surface area contributed by atoms with Crippen molar-refractivity contribution in [1.29, 1.82) is 0 Å². The number of sulfonamides is 1. The van der Waals surface area contributed by atoms with Crippen molar-refractivity contribution >= 4 is 21.6 Å². The molecule has 0 bridgehead atoms. The van der Waals surface area contributed by atoms with Gasteiger partial charge in [-0.25, -0.2) is 8.42 Å². The van der Waals surface area contributed by atoms with E-state index in [4.69, 9.17) is 16.0 Å². The van der Waals surface area contributed by atoms with Crippen LogP contribution in [-0.2, 0) is 10.0 Å². The zero-order valence-corrected chi connectivity index (χ0v) is 17.1. The molecular weight excluding hydrogens is 396 g/mol. The summed E-state index contributed by atoms with van der Waals surface area (Å²) in [4.78, 5) is 4.43. The van der Waals surface area contributed by atoms with Gasteiger partial charge in [-0.2, -0.15) is 9.29 Å². The first-order valence-corrected chi connectivity index (χ1v) is 11.1. The second kappa shape index (κ2) is 7.70. The minimum Gasteiger partial charge on any atom is -0.435 e. The summed E-state index contributed by atoms with van der Waals surface area (Å²) in [5.74, 6) is 0.530. The molecule has 0 unspecified atom stereocenters. The first-order valence-electron chi connectivity index (χ1n) is 9.31. The number of hydrogen-bond acceptors (Lipinski definition) is 4. The lowest BCUT2D eigenvalue weighted by atomic mass is 10.1. The summed E-state index contributed by atoms with van der Waals surface area (Å²) in [6.07, 6.45) is 2.73. The lowest BCUT2D eigenvalue weighted by molar-refractivity contribution is 0.268. The molecule has 2 heterocycles. The second-order valence-electron chi connectivity index (χ2n) is 6.99. The maximum absolute atomic E-state index is 13.5. The average molecular weight is 417 g/mol. The van der Waals surface area contributed by atoms with Gasteiger partial charge in [0.25, 0.3) is 10.0 Å². The molecule has 7 heteroatoms. The summed E-state index contributed by atoms with van der Waals surface area (Å²) in [7, 11) is -3.79. The van der Waals surface area contributed by atoms with Gasteiger partial charge in [0.15, 0.2) is 5.76 Å². The maximum atomic E-state index is 13.5. The fourth-order valence-corrected chi connectivity index (χ4v) is 5.40. The van der Waals surface area contributed by atoms with Crippen molar-refractivity contribution in [1.82, 2.24) is 9.29 Å². The normalized spacial score (nSPS) is 18.3. The van der Waals surface area contributed by atoms with Crippen molar-refractivity contribution in [3.05, 3.63) is 59.6 Å². The molecule has 0 radical (unpaired) electrons. The van der Waals surface area contributed by atoms with E-state index in [1.807, 2.05) is 37.3 Å². The summed E-state index contributed by atoms with van der Waals surface area (Å²) in [5.41, 5.74) is 1.35. The number of aromatic nitrogens is 1. The Morgan fingerprint density at radius 1 is 1.04 bits per heavy atom. The molecule has 0 N–H and O–H groups in total. The van der Waals surface area contributed by atoms with Crippen LogP contribution in [0.15, 0.2) is 64.0 Å². The van der Waals surface area contributed by atoms with Gasteiger partial charge in [0.2, 0.25) is 10.9 Å². The van der Waals surface area contributed by atoms with Crippen LogP contribution >= 0.6 is 11.6 Å². The van der Waals surface area contributed by atoms with E-state index in [1.54, 1.807) is 28.6 Å². The zero-order valence-electron chi connectivity index (χ0n) is 15.5. The molecule has 4 rings (SSSR count). The number of piperidine rings is 1. The number of rotatable bonds is 4. The van der Waals surface area contributed by atoms with Gasteiger partial charge in [0, 0.05) is 28.7 Å². The number of halogens is 1. The minimum absolute atomic E-state index is 0.0394. The van der Waals surface area contributed by atoms with E-state index in [2.05, 4.69) is 4.98 Å². The zero-order chi connectivity index (χ0) is 19.7. The van der Waals surface area contributed by atoms with Crippen LogP contribution < -0.4 is 0 Å². The molecule has 2 aromatic carbocycles. The van der Waals surface area contributed by atoms with Gasteiger partial charge in [0.1, 0.15) is 0 Å². The van der Waals surface area contributed by atoms with Gasteiger partial charge in [-0.1, -0.05) is 36.2 Å². The Bertz CT molecular complexity index is 1060. The highest BCUT2D eigenvalue weighted by Crippen LogP contribution is 2.36. The summed E-state index contributed by atoms with van der Waals surface area (Å²) < 4.78 is 34.5. The third-order valence-corrected chi connectivity index (χ3v) is 7.20. The highest BCUT2D eigenvalue weighted by Gasteiger charge is 2.36. The maximum Gasteiger partial charge on any atom is 0.264 e. The van der Waals surface area contributed by atoms with Crippen LogP contribution in [0.25, 0.3) is 22.8 Å². The van der Waals surface area contributed by atoms with Crippen LogP contribution in [0.2, 0.25) is 5.02 Å². The quantitative estimate of drug-likeness (QED) is 0.584. The van der Waals surface area contributed by atoms with Crippen LogP contribution in [0, 0.1) is 0 Å². The van der Waals surface area contributed by atoms with Gasteiger partial charge in [-0.05, 0) is 56.2 Å². The number of benzene rings is 2. The highest BCUT2D eigenvalue weighted by molar-refractivity contribution is 7.89. The van der Waals surface area contributed by atoms with E-state index in [-0.39, 0.29) is 22.7 Å². The molecule has 1 fully saturated rings. The SMILES string of the molecule is C[C@@H]1CCCCN1S(=O)(=O)c1nc(-c2ccccc2)oc1-c1ccc(Cl)cc1. The lowest BCUT2D eigenvalue weighted by Crippen LogP contribution is -2.42. The minimum atomic E-state index is -3.79. The molecule has 1 aliphatic heterocycles. The Hall–Kier alpha value is -2.15. The molecule has 28 heavy (non-hydrogen) atoms. The van der Waals surface area contributed by atoms with Gasteiger partial charge in [-0.15, -0.1) is 0 Å². The molecule has 146 valence electrons. The van der Waals surface area contributed by atoms with E-state index in [9.17, 15) is 8.42 Å². The number of hydrogen-bond donors (Lipinski definition) is 0. The summed E-state index contributed by atoms with van der Waals surface area (Å²) in [6.45, 7) is 2.44. The van der Waals surface area contributed by atoms with Crippen molar-refractivity contribution < 1.29 is 12.8 Å². The molecule has 5 nitrogen and oxygen atoms in total. The Morgan fingerprint density at radius 2 is 1.75 bits per heavy atom. The summed E-state index contributed by atoms with van der Waals surface area (Å²) in [5, 5.41) is 0.531. The van der Waals surface area contributed by atoms with E-state index in [1.165, 1.54) is 0 Å². The smallest absolute Gasteiger partial charge is 0.264 e. The Morgan fingerprint density at radius 3 is 2.43 bits per heavy atom.